The molecule has 43 heavy (non-hydrogen) atoms. The maximum absolute atomic E-state index is 13.1. The van der Waals surface area contributed by atoms with Crippen molar-refractivity contribution in [3.8, 4) is 0 Å². The number of nitrogens with one attached hydrogen (secondary N) is 1. The second-order valence-electron chi connectivity index (χ2n) is 11.7. The third-order valence-corrected chi connectivity index (χ3v) is 7.12. The van der Waals surface area contributed by atoms with E-state index in [2.05, 4.69) is 5.32 Å². The van der Waals surface area contributed by atoms with Crippen LogP contribution in [-0.2, 0) is 27.3 Å². The number of aliphatic hydroxyl groups is 1. The van der Waals surface area contributed by atoms with Crippen molar-refractivity contribution in [1.29, 1.82) is 0 Å². The molecule has 1 fully saturated rings. The molecule has 1 heterocycles. The third-order valence-electron chi connectivity index (χ3n) is 7.12. The molecule has 0 aromatic heterocycles. The first-order valence-electron chi connectivity index (χ1n) is 14.7. The van der Waals surface area contributed by atoms with Crippen LogP contribution in [0.5, 0.6) is 0 Å². The van der Waals surface area contributed by atoms with E-state index in [0.717, 1.165) is 23.1 Å². The third kappa shape index (κ3) is 9.58. The highest BCUT2D eigenvalue weighted by Gasteiger charge is 2.35. The van der Waals surface area contributed by atoms with E-state index in [0.29, 0.717) is 31.6 Å². The SMILES string of the molecule is CC(C)(C)OC(=O)N(CCc1ccc(NC(=O)[C@@H]2CCCN2C(=O)OCc2ccccc2)cc1)C[C@H](O)c1ccccc1. The van der Waals surface area contributed by atoms with E-state index in [1.165, 1.54) is 9.80 Å². The number of amides is 3. The smallest absolute Gasteiger partial charge is 0.410 e. The Morgan fingerprint density at radius 2 is 1.60 bits per heavy atom. The maximum atomic E-state index is 13.1. The number of hydrogen-bond acceptors (Lipinski definition) is 6. The van der Waals surface area contributed by atoms with Gasteiger partial charge in [0, 0.05) is 18.8 Å². The fraction of sp³-hybridized carbons (Fsp3) is 0.382. The number of anilines is 1. The van der Waals surface area contributed by atoms with Crippen LogP contribution in [0.15, 0.2) is 84.9 Å². The van der Waals surface area contributed by atoms with Crippen LogP contribution in [0.25, 0.3) is 0 Å². The second-order valence-corrected chi connectivity index (χ2v) is 11.7. The normalized spacial score (nSPS) is 15.4. The van der Waals surface area contributed by atoms with Crippen LogP contribution < -0.4 is 5.32 Å². The van der Waals surface area contributed by atoms with Gasteiger partial charge in [-0.25, -0.2) is 9.59 Å². The molecule has 0 spiro atoms. The van der Waals surface area contributed by atoms with Gasteiger partial charge in [-0.1, -0.05) is 72.8 Å². The Kier molecular flexibility index (Phi) is 10.8. The zero-order valence-corrected chi connectivity index (χ0v) is 25.1. The van der Waals surface area contributed by atoms with Crippen molar-refractivity contribution in [1.82, 2.24) is 9.80 Å². The number of benzene rings is 3. The Balaban J connectivity index is 1.32. The molecular weight excluding hydrogens is 546 g/mol. The zero-order valence-electron chi connectivity index (χ0n) is 25.1. The predicted octanol–water partition coefficient (Wildman–Crippen LogP) is 5.94. The summed E-state index contributed by atoms with van der Waals surface area (Å²) < 4.78 is 11.0. The first kappa shape index (κ1) is 31.6. The number of ether oxygens (including phenoxy) is 2. The summed E-state index contributed by atoms with van der Waals surface area (Å²) in [7, 11) is 0. The average Bonchev–Trinajstić information content (AvgIpc) is 3.49. The molecule has 1 aliphatic rings. The van der Waals surface area contributed by atoms with Crippen molar-refractivity contribution >= 4 is 23.8 Å². The van der Waals surface area contributed by atoms with E-state index in [1.54, 1.807) is 12.1 Å². The Labute approximate surface area is 253 Å². The highest BCUT2D eigenvalue weighted by molar-refractivity contribution is 5.96. The zero-order chi connectivity index (χ0) is 30.8. The number of hydrogen-bond donors (Lipinski definition) is 2. The predicted molar refractivity (Wildman–Crippen MR) is 164 cm³/mol. The molecule has 4 rings (SSSR count). The molecule has 3 amide bonds. The van der Waals surface area contributed by atoms with Crippen molar-refractivity contribution in [3.05, 3.63) is 102 Å². The molecule has 0 unspecified atom stereocenters. The highest BCUT2D eigenvalue weighted by atomic mass is 16.6. The number of aliphatic hydroxyl groups excluding tert-OH is 1. The van der Waals surface area contributed by atoms with Gasteiger partial charge in [-0.2, -0.15) is 0 Å². The van der Waals surface area contributed by atoms with E-state index in [1.807, 2.05) is 93.6 Å². The number of likely N-dealkylation sites (tertiary alicyclic amines) is 1. The number of carbonyl (C=O) groups is 3. The van der Waals surface area contributed by atoms with Crippen molar-refractivity contribution < 1.29 is 29.0 Å². The van der Waals surface area contributed by atoms with Gasteiger partial charge in [0.15, 0.2) is 0 Å². The minimum Gasteiger partial charge on any atom is -0.445 e. The molecule has 0 bridgehead atoms. The topological polar surface area (TPSA) is 108 Å². The maximum Gasteiger partial charge on any atom is 0.410 e. The quantitative estimate of drug-likeness (QED) is 0.304. The van der Waals surface area contributed by atoms with Gasteiger partial charge in [-0.3, -0.25) is 9.69 Å². The lowest BCUT2D eigenvalue weighted by atomic mass is 10.1. The second kappa shape index (κ2) is 14.7. The van der Waals surface area contributed by atoms with Crippen LogP contribution >= 0.6 is 0 Å². The summed E-state index contributed by atoms with van der Waals surface area (Å²) in [5.41, 5.74) is 2.51. The van der Waals surface area contributed by atoms with E-state index in [9.17, 15) is 19.5 Å². The molecular formula is C34H41N3O6. The van der Waals surface area contributed by atoms with Crippen LogP contribution in [0.4, 0.5) is 15.3 Å². The van der Waals surface area contributed by atoms with Crippen LogP contribution in [0.3, 0.4) is 0 Å². The Bertz CT molecular complexity index is 1340. The largest absolute Gasteiger partial charge is 0.445 e. The first-order valence-corrected chi connectivity index (χ1v) is 14.7. The van der Waals surface area contributed by atoms with Crippen LogP contribution in [0.1, 0.15) is 56.4 Å². The molecule has 1 aliphatic heterocycles. The van der Waals surface area contributed by atoms with E-state index >= 15 is 0 Å². The molecule has 9 nitrogen and oxygen atoms in total. The molecule has 2 atom stereocenters. The van der Waals surface area contributed by atoms with Crippen molar-refractivity contribution in [2.45, 2.75) is 64.4 Å². The standard InChI is InChI=1S/C34H41N3O6/c1-34(2,3)43-32(40)36(23-30(38)27-13-8-5-9-14-27)22-20-25-16-18-28(19-17-25)35-31(39)29-15-10-21-37(29)33(41)42-24-26-11-6-4-7-12-26/h4-9,11-14,16-19,29-30,38H,10,15,20-24H2,1-3H3,(H,35,39)/t29-,30-/m0/s1. The Morgan fingerprint density at radius 1 is 0.953 bits per heavy atom. The summed E-state index contributed by atoms with van der Waals surface area (Å²) in [6.45, 7) is 6.48. The monoisotopic (exact) mass is 587 g/mol. The summed E-state index contributed by atoms with van der Waals surface area (Å²) in [6, 6.07) is 25.4. The Hall–Kier alpha value is -4.37. The van der Waals surface area contributed by atoms with Gasteiger partial charge in [0.25, 0.3) is 0 Å². The van der Waals surface area contributed by atoms with E-state index in [-0.39, 0.29) is 19.1 Å². The minimum absolute atomic E-state index is 0.0960. The van der Waals surface area contributed by atoms with E-state index < -0.39 is 29.9 Å². The van der Waals surface area contributed by atoms with Gasteiger partial charge in [0.05, 0.1) is 12.6 Å². The molecule has 1 saturated heterocycles. The number of nitrogens with zero attached hydrogens (tertiary/aromatic N) is 2. The summed E-state index contributed by atoms with van der Waals surface area (Å²) in [5.74, 6) is -0.257. The van der Waals surface area contributed by atoms with Gasteiger partial charge in [0.1, 0.15) is 18.2 Å². The van der Waals surface area contributed by atoms with Gasteiger partial charge < -0.3 is 24.8 Å². The van der Waals surface area contributed by atoms with Crippen LogP contribution in [0, 0.1) is 0 Å². The average molecular weight is 588 g/mol. The number of rotatable bonds is 10. The summed E-state index contributed by atoms with van der Waals surface area (Å²) in [4.78, 5) is 41.7. The van der Waals surface area contributed by atoms with E-state index in [4.69, 9.17) is 9.47 Å². The molecule has 2 N–H and O–H groups in total. The summed E-state index contributed by atoms with van der Waals surface area (Å²) in [5, 5.41) is 13.7. The highest BCUT2D eigenvalue weighted by Crippen LogP contribution is 2.22. The molecule has 3 aromatic carbocycles. The Morgan fingerprint density at radius 3 is 2.26 bits per heavy atom. The van der Waals surface area contributed by atoms with Gasteiger partial charge in [0.2, 0.25) is 5.91 Å². The molecule has 0 saturated carbocycles. The molecule has 0 radical (unpaired) electrons. The van der Waals surface area contributed by atoms with Crippen molar-refractivity contribution in [2.24, 2.45) is 0 Å². The molecule has 9 heteroatoms. The van der Waals surface area contributed by atoms with Crippen molar-refractivity contribution in [3.63, 3.8) is 0 Å². The van der Waals surface area contributed by atoms with Gasteiger partial charge in [-0.15, -0.1) is 0 Å². The van der Waals surface area contributed by atoms with Crippen LogP contribution in [0.2, 0.25) is 0 Å². The minimum atomic E-state index is -0.850. The first-order chi connectivity index (χ1) is 20.6. The molecule has 0 aliphatic carbocycles. The van der Waals surface area contributed by atoms with Crippen molar-refractivity contribution in [2.75, 3.05) is 25.0 Å². The van der Waals surface area contributed by atoms with Crippen LogP contribution in [-0.4, -0.2) is 64.3 Å². The fourth-order valence-corrected chi connectivity index (χ4v) is 4.88. The van der Waals surface area contributed by atoms with Gasteiger partial charge in [-0.05, 0) is 68.9 Å². The lowest BCUT2D eigenvalue weighted by Gasteiger charge is -2.29. The summed E-state index contributed by atoms with van der Waals surface area (Å²) >= 11 is 0. The molecule has 3 aromatic rings. The fourth-order valence-electron chi connectivity index (χ4n) is 4.88. The van der Waals surface area contributed by atoms with Gasteiger partial charge >= 0.3 is 12.2 Å². The lowest BCUT2D eigenvalue weighted by Crippen LogP contribution is -2.43. The number of carbonyl (C=O) groups excluding carboxylic acids is 3. The lowest BCUT2D eigenvalue weighted by molar-refractivity contribution is -0.120. The summed E-state index contributed by atoms with van der Waals surface area (Å²) in [6.07, 6.45) is -0.0151. The molecule has 228 valence electrons.